The van der Waals surface area contributed by atoms with Crippen molar-refractivity contribution < 1.29 is 9.59 Å². The maximum Gasteiger partial charge on any atom is 0.245 e. The molecule has 41 heavy (non-hydrogen) atoms. The van der Waals surface area contributed by atoms with Gasteiger partial charge in [-0.2, -0.15) is 0 Å². The molecule has 0 radical (unpaired) electrons. The molecule has 2 aliphatic carbocycles. The molecule has 2 unspecified atom stereocenters. The highest BCUT2D eigenvalue weighted by Gasteiger charge is 2.35. The highest BCUT2D eigenvalue weighted by atomic mass is 35.5. The summed E-state index contributed by atoms with van der Waals surface area (Å²) in [6.07, 6.45) is 14.6. The Morgan fingerprint density at radius 2 is 1.85 bits per heavy atom. The topological polar surface area (TPSA) is 112 Å². The SMILES string of the molecule is CCCN(C(=O)C(NC(=O)[C@H](C)NC)C1CCCCC1)C(C)CN/C(C)=C(/N=C(N)C(C)C)C1=CCC(Cl)=CC=C1. The zero-order chi connectivity index (χ0) is 30.5. The van der Waals surface area contributed by atoms with Gasteiger partial charge in [-0.3, -0.25) is 9.59 Å². The third-order valence-electron chi connectivity index (χ3n) is 7.98. The van der Waals surface area contributed by atoms with Crippen molar-refractivity contribution in [2.75, 3.05) is 20.1 Å². The van der Waals surface area contributed by atoms with Gasteiger partial charge in [0.25, 0.3) is 0 Å². The highest BCUT2D eigenvalue weighted by molar-refractivity contribution is 6.29. The number of nitrogens with zero attached hydrogens (tertiary/aromatic N) is 2. The molecule has 0 aromatic heterocycles. The van der Waals surface area contributed by atoms with Crippen molar-refractivity contribution in [1.29, 1.82) is 0 Å². The van der Waals surface area contributed by atoms with E-state index < -0.39 is 6.04 Å². The average Bonchev–Trinajstić information content (AvgIpc) is 3.19. The molecule has 0 heterocycles. The Labute approximate surface area is 253 Å². The van der Waals surface area contributed by atoms with Gasteiger partial charge in [-0.1, -0.05) is 69.9 Å². The van der Waals surface area contributed by atoms with Crippen LogP contribution in [0, 0.1) is 11.8 Å². The molecule has 0 aromatic rings. The van der Waals surface area contributed by atoms with E-state index in [1.165, 1.54) is 6.42 Å². The Kier molecular flexibility index (Phi) is 14.7. The summed E-state index contributed by atoms with van der Waals surface area (Å²) >= 11 is 6.27. The Morgan fingerprint density at radius 3 is 2.46 bits per heavy atom. The molecule has 3 atom stereocenters. The number of amidine groups is 1. The minimum absolute atomic E-state index is 0.00348. The molecule has 2 rings (SSSR count). The van der Waals surface area contributed by atoms with Gasteiger partial charge in [0, 0.05) is 42.2 Å². The van der Waals surface area contributed by atoms with Gasteiger partial charge in [0.05, 0.1) is 11.7 Å². The van der Waals surface area contributed by atoms with Crippen molar-refractivity contribution in [2.45, 2.75) is 105 Å². The van der Waals surface area contributed by atoms with Crippen molar-refractivity contribution in [3.05, 3.63) is 46.3 Å². The number of rotatable bonds is 14. The van der Waals surface area contributed by atoms with Crippen LogP contribution in [0.1, 0.15) is 86.5 Å². The molecule has 0 aromatic carbocycles. The van der Waals surface area contributed by atoms with E-state index in [0.29, 0.717) is 25.3 Å². The molecule has 8 nitrogen and oxygen atoms in total. The number of hydrogen-bond donors (Lipinski definition) is 4. The predicted octanol–water partition coefficient (Wildman–Crippen LogP) is 5.13. The Balaban J connectivity index is 2.31. The monoisotopic (exact) mass is 588 g/mol. The van der Waals surface area contributed by atoms with Crippen molar-refractivity contribution in [1.82, 2.24) is 20.9 Å². The summed E-state index contributed by atoms with van der Waals surface area (Å²) in [6.45, 7) is 13.1. The van der Waals surface area contributed by atoms with Crippen LogP contribution in [0.2, 0.25) is 0 Å². The van der Waals surface area contributed by atoms with Crippen LogP contribution in [-0.4, -0.2) is 60.8 Å². The number of carbonyl (C=O) groups excluding carboxylic acids is 2. The quantitative estimate of drug-likeness (QED) is 0.166. The zero-order valence-electron chi connectivity index (χ0n) is 26.2. The first-order chi connectivity index (χ1) is 19.5. The first-order valence-electron chi connectivity index (χ1n) is 15.3. The van der Waals surface area contributed by atoms with Gasteiger partial charge in [-0.15, -0.1) is 0 Å². The minimum atomic E-state index is -0.520. The third kappa shape index (κ3) is 10.6. The van der Waals surface area contributed by atoms with Gasteiger partial charge < -0.3 is 26.6 Å². The lowest BCUT2D eigenvalue weighted by Crippen LogP contribution is -2.58. The van der Waals surface area contributed by atoms with E-state index in [1.54, 1.807) is 7.05 Å². The standard InChI is InChI=1S/C32H53ClN6O2/c1-8-19-39(32(41)29(25-13-10-9-11-14-25)38-31(40)24(6)35-7)22(4)20-36-23(5)28(37-30(34)21(2)3)26-15-12-16-27(33)18-17-26/h12,15-17,21-22,24-25,29,35-36H,8-11,13-14,18-20H2,1-7H3,(H2,34,37)(H,38,40)/b28-23+/t22?,24-,29?/m0/s1. The van der Waals surface area contributed by atoms with Crippen molar-refractivity contribution in [2.24, 2.45) is 22.6 Å². The normalized spacial score (nSPS) is 19.4. The fraction of sp³-hybridized carbons (Fsp3) is 0.656. The lowest BCUT2D eigenvalue weighted by atomic mass is 9.83. The van der Waals surface area contributed by atoms with Crippen LogP contribution in [0.15, 0.2) is 51.3 Å². The van der Waals surface area contributed by atoms with Gasteiger partial charge in [0.2, 0.25) is 11.8 Å². The molecule has 230 valence electrons. The molecule has 9 heteroatoms. The molecule has 0 bridgehead atoms. The second-order valence-electron chi connectivity index (χ2n) is 11.7. The van der Waals surface area contributed by atoms with Gasteiger partial charge >= 0.3 is 0 Å². The summed E-state index contributed by atoms with van der Waals surface area (Å²) in [7, 11) is 1.76. The largest absolute Gasteiger partial charge is 0.387 e. The van der Waals surface area contributed by atoms with E-state index in [0.717, 1.165) is 54.1 Å². The van der Waals surface area contributed by atoms with E-state index in [4.69, 9.17) is 22.3 Å². The maximum absolute atomic E-state index is 14.1. The number of allylic oxidation sites excluding steroid dienone is 6. The number of hydrogen-bond acceptors (Lipinski definition) is 5. The number of halogens is 1. The Bertz CT molecular complexity index is 1040. The molecular formula is C32H53ClN6O2. The highest BCUT2D eigenvalue weighted by Crippen LogP contribution is 2.28. The van der Waals surface area contributed by atoms with Crippen LogP contribution in [0.5, 0.6) is 0 Å². The van der Waals surface area contributed by atoms with Gasteiger partial charge in [0.1, 0.15) is 11.9 Å². The van der Waals surface area contributed by atoms with Crippen molar-refractivity contribution >= 4 is 29.3 Å². The minimum Gasteiger partial charge on any atom is -0.387 e. The summed E-state index contributed by atoms with van der Waals surface area (Å²) in [5.41, 5.74) is 8.87. The van der Waals surface area contributed by atoms with E-state index in [2.05, 4.69) is 35.9 Å². The number of aliphatic imine (C=N–C) groups is 1. The number of nitrogens with one attached hydrogen (secondary N) is 3. The number of carbonyl (C=O) groups is 2. The fourth-order valence-corrected chi connectivity index (χ4v) is 5.27. The second-order valence-corrected chi connectivity index (χ2v) is 12.1. The van der Waals surface area contributed by atoms with Gasteiger partial charge in [-0.25, -0.2) is 4.99 Å². The number of likely N-dealkylation sites (N-methyl/N-ethyl adjacent to an activating group) is 1. The third-order valence-corrected chi connectivity index (χ3v) is 8.26. The first kappa shape index (κ1) is 34.6. The van der Waals surface area contributed by atoms with E-state index >= 15 is 0 Å². The molecule has 1 fully saturated rings. The van der Waals surface area contributed by atoms with Gasteiger partial charge in [0.15, 0.2) is 0 Å². The van der Waals surface area contributed by atoms with E-state index in [9.17, 15) is 9.59 Å². The van der Waals surface area contributed by atoms with E-state index in [-0.39, 0.29) is 35.7 Å². The first-order valence-corrected chi connectivity index (χ1v) is 15.7. The summed E-state index contributed by atoms with van der Waals surface area (Å²) in [5, 5.41) is 10.4. The van der Waals surface area contributed by atoms with E-state index in [1.807, 2.05) is 50.8 Å². The second kappa shape index (κ2) is 17.4. The molecule has 0 spiro atoms. The summed E-state index contributed by atoms with van der Waals surface area (Å²) < 4.78 is 0. The molecule has 5 N–H and O–H groups in total. The number of amides is 2. The maximum atomic E-state index is 14.1. The average molecular weight is 589 g/mol. The molecule has 2 aliphatic rings. The van der Waals surface area contributed by atoms with Crippen LogP contribution in [0.4, 0.5) is 0 Å². The predicted molar refractivity (Wildman–Crippen MR) is 171 cm³/mol. The van der Waals surface area contributed by atoms with Crippen LogP contribution in [-0.2, 0) is 9.59 Å². The van der Waals surface area contributed by atoms with Gasteiger partial charge in [-0.05, 0) is 64.6 Å². The Morgan fingerprint density at radius 1 is 1.17 bits per heavy atom. The summed E-state index contributed by atoms with van der Waals surface area (Å²) in [4.78, 5) is 33.7. The summed E-state index contributed by atoms with van der Waals surface area (Å²) in [6, 6.07) is -0.992. The Hall–Kier alpha value is -2.58. The molecule has 2 amide bonds. The molecule has 0 saturated heterocycles. The van der Waals surface area contributed by atoms with Crippen LogP contribution >= 0.6 is 11.6 Å². The molecule has 1 saturated carbocycles. The van der Waals surface area contributed by atoms with Crippen molar-refractivity contribution in [3.63, 3.8) is 0 Å². The van der Waals surface area contributed by atoms with Crippen LogP contribution in [0.25, 0.3) is 0 Å². The van der Waals surface area contributed by atoms with Crippen LogP contribution in [0.3, 0.4) is 0 Å². The molecular weight excluding hydrogens is 536 g/mol. The van der Waals surface area contributed by atoms with Crippen molar-refractivity contribution in [3.8, 4) is 0 Å². The molecule has 0 aliphatic heterocycles. The van der Waals surface area contributed by atoms with Crippen LogP contribution < -0.4 is 21.7 Å². The summed E-state index contributed by atoms with van der Waals surface area (Å²) in [5.74, 6) is 0.672. The smallest absolute Gasteiger partial charge is 0.245 e. The lowest BCUT2D eigenvalue weighted by molar-refractivity contribution is -0.140. The lowest BCUT2D eigenvalue weighted by Gasteiger charge is -2.37. The number of nitrogens with two attached hydrogens (primary N) is 1. The zero-order valence-corrected chi connectivity index (χ0v) is 27.0. The fourth-order valence-electron chi connectivity index (χ4n) is 5.12.